The lowest BCUT2D eigenvalue weighted by Gasteiger charge is -2.10. The van der Waals surface area contributed by atoms with E-state index in [9.17, 15) is 4.39 Å². The van der Waals surface area contributed by atoms with Crippen molar-refractivity contribution < 1.29 is 9.13 Å². The summed E-state index contributed by atoms with van der Waals surface area (Å²) in [4.78, 5) is 4.28. The summed E-state index contributed by atoms with van der Waals surface area (Å²) in [6, 6.07) is 6.45. The molecule has 1 heterocycles. The van der Waals surface area contributed by atoms with Gasteiger partial charge in [-0.2, -0.15) is 0 Å². The third-order valence-electron chi connectivity index (χ3n) is 2.56. The summed E-state index contributed by atoms with van der Waals surface area (Å²) in [6.07, 6.45) is 0. The Hall–Kier alpha value is -1.17. The van der Waals surface area contributed by atoms with Crippen LogP contribution in [0.25, 0.3) is 0 Å². The van der Waals surface area contributed by atoms with Crippen molar-refractivity contribution in [2.45, 2.75) is 13.5 Å². The van der Waals surface area contributed by atoms with Gasteiger partial charge in [0.2, 0.25) is 5.88 Å². The number of pyridine rings is 1. The molecule has 0 radical (unpaired) electrons. The summed E-state index contributed by atoms with van der Waals surface area (Å²) in [5, 5.41) is 3.10. The number of nitrogens with zero attached hydrogens (tertiary/aromatic N) is 1. The lowest BCUT2D eigenvalue weighted by atomic mass is 10.2. The maximum Gasteiger partial charge on any atom is 0.219 e. The quantitative estimate of drug-likeness (QED) is 0.819. The molecule has 0 atom stereocenters. The Balaban J connectivity index is 2.32. The topological polar surface area (TPSA) is 34.2 Å². The molecule has 0 saturated carbocycles. The monoisotopic (exact) mass is 358 g/mol. The van der Waals surface area contributed by atoms with Crippen LogP contribution in [0.5, 0.6) is 11.6 Å². The molecule has 20 heavy (non-hydrogen) atoms. The van der Waals surface area contributed by atoms with Gasteiger partial charge in [0.15, 0.2) is 0 Å². The number of hydrogen-bond acceptors (Lipinski definition) is 3. The molecule has 106 valence electrons. The molecular weight excluding hydrogens is 347 g/mol. The zero-order chi connectivity index (χ0) is 14.7. The molecule has 0 spiro atoms. The van der Waals surface area contributed by atoms with Gasteiger partial charge in [0.25, 0.3) is 0 Å². The van der Waals surface area contributed by atoms with E-state index >= 15 is 0 Å². The zero-order valence-corrected chi connectivity index (χ0v) is 13.3. The molecule has 0 aliphatic rings. The number of aryl methyl sites for hydroxylation is 1. The molecule has 0 bridgehead atoms. The van der Waals surface area contributed by atoms with Crippen molar-refractivity contribution in [3.05, 3.63) is 50.8 Å². The minimum Gasteiger partial charge on any atom is -0.438 e. The molecule has 0 aliphatic carbocycles. The molecule has 0 amide bonds. The summed E-state index contributed by atoms with van der Waals surface area (Å²) in [7, 11) is 1.86. The van der Waals surface area contributed by atoms with E-state index in [4.69, 9.17) is 16.3 Å². The van der Waals surface area contributed by atoms with Crippen molar-refractivity contribution in [3.63, 3.8) is 0 Å². The fourth-order valence-corrected chi connectivity index (χ4v) is 2.48. The summed E-state index contributed by atoms with van der Waals surface area (Å²) in [5.41, 5.74) is 1.87. The lowest BCUT2D eigenvalue weighted by molar-refractivity contribution is 0.453. The molecule has 6 heteroatoms. The highest BCUT2D eigenvalue weighted by molar-refractivity contribution is 9.10. The van der Waals surface area contributed by atoms with Gasteiger partial charge in [0.1, 0.15) is 11.6 Å². The van der Waals surface area contributed by atoms with Crippen LogP contribution in [0, 0.1) is 12.7 Å². The van der Waals surface area contributed by atoms with Gasteiger partial charge in [-0.1, -0.05) is 11.6 Å². The first-order valence-corrected chi connectivity index (χ1v) is 7.11. The van der Waals surface area contributed by atoms with Gasteiger partial charge in [-0.15, -0.1) is 0 Å². The Labute approximate surface area is 130 Å². The SMILES string of the molecule is CNCc1cc(C)nc(Oc2cc(F)c(Cl)cc2Br)c1. The van der Waals surface area contributed by atoms with Crippen LogP contribution in [0.2, 0.25) is 5.02 Å². The first-order chi connectivity index (χ1) is 9.49. The number of rotatable bonds is 4. The van der Waals surface area contributed by atoms with Crippen molar-refractivity contribution in [2.24, 2.45) is 0 Å². The maximum atomic E-state index is 13.5. The van der Waals surface area contributed by atoms with Crippen LogP contribution >= 0.6 is 27.5 Å². The third kappa shape index (κ3) is 3.69. The largest absolute Gasteiger partial charge is 0.438 e. The normalized spacial score (nSPS) is 10.7. The Bertz CT molecular complexity index is 637. The van der Waals surface area contributed by atoms with E-state index < -0.39 is 5.82 Å². The molecule has 1 N–H and O–H groups in total. The maximum absolute atomic E-state index is 13.5. The van der Waals surface area contributed by atoms with Crippen LogP contribution in [-0.2, 0) is 6.54 Å². The van der Waals surface area contributed by atoms with E-state index in [0.29, 0.717) is 22.6 Å². The molecule has 2 aromatic rings. The van der Waals surface area contributed by atoms with Crippen molar-refractivity contribution >= 4 is 27.5 Å². The van der Waals surface area contributed by atoms with E-state index in [1.807, 2.05) is 26.1 Å². The molecule has 0 fully saturated rings. The van der Waals surface area contributed by atoms with Crippen LogP contribution in [0.1, 0.15) is 11.3 Å². The van der Waals surface area contributed by atoms with E-state index in [1.165, 1.54) is 12.1 Å². The number of ether oxygens (including phenoxy) is 1. The zero-order valence-electron chi connectivity index (χ0n) is 11.0. The lowest BCUT2D eigenvalue weighted by Crippen LogP contribution is -2.06. The first kappa shape index (κ1) is 15.2. The van der Waals surface area contributed by atoms with Gasteiger partial charge in [0, 0.05) is 24.4 Å². The fraction of sp³-hybridized carbons (Fsp3) is 0.214. The van der Waals surface area contributed by atoms with Crippen LogP contribution < -0.4 is 10.1 Å². The molecule has 0 aliphatic heterocycles. The third-order valence-corrected chi connectivity index (χ3v) is 3.47. The molecule has 3 nitrogen and oxygen atoms in total. The Kier molecular flexibility index (Phi) is 4.96. The van der Waals surface area contributed by atoms with E-state index in [0.717, 1.165) is 11.3 Å². The molecule has 2 rings (SSSR count). The highest BCUT2D eigenvalue weighted by Crippen LogP contribution is 2.33. The van der Waals surface area contributed by atoms with E-state index in [2.05, 4.69) is 26.2 Å². The Morgan fingerprint density at radius 1 is 1.35 bits per heavy atom. The van der Waals surface area contributed by atoms with E-state index in [1.54, 1.807) is 0 Å². The summed E-state index contributed by atoms with van der Waals surface area (Å²) >= 11 is 8.99. The minimum absolute atomic E-state index is 0.0392. The Morgan fingerprint density at radius 3 is 2.80 bits per heavy atom. The van der Waals surface area contributed by atoms with Gasteiger partial charge < -0.3 is 10.1 Å². The highest BCUT2D eigenvalue weighted by atomic mass is 79.9. The average molecular weight is 360 g/mol. The second-order valence-electron chi connectivity index (χ2n) is 4.28. The van der Waals surface area contributed by atoms with Gasteiger partial charge >= 0.3 is 0 Å². The predicted octanol–water partition coefficient (Wildman–Crippen LogP) is 4.46. The number of aromatic nitrogens is 1. The number of benzene rings is 1. The van der Waals surface area contributed by atoms with Crippen molar-refractivity contribution in [1.29, 1.82) is 0 Å². The molecule has 1 aromatic carbocycles. The second-order valence-corrected chi connectivity index (χ2v) is 5.55. The number of hydrogen-bond donors (Lipinski definition) is 1. The van der Waals surface area contributed by atoms with Crippen LogP contribution in [0.4, 0.5) is 4.39 Å². The average Bonchev–Trinajstić information content (AvgIpc) is 2.35. The number of halogens is 3. The summed E-state index contributed by atoms with van der Waals surface area (Å²) in [6.45, 7) is 2.58. The van der Waals surface area contributed by atoms with Gasteiger partial charge in [-0.05, 0) is 47.6 Å². The first-order valence-electron chi connectivity index (χ1n) is 5.94. The van der Waals surface area contributed by atoms with Crippen molar-refractivity contribution in [3.8, 4) is 11.6 Å². The minimum atomic E-state index is -0.534. The Morgan fingerprint density at radius 2 is 2.10 bits per heavy atom. The molecule has 1 aromatic heterocycles. The van der Waals surface area contributed by atoms with Gasteiger partial charge in [-0.25, -0.2) is 9.37 Å². The van der Waals surface area contributed by atoms with Crippen LogP contribution in [0.3, 0.4) is 0 Å². The van der Waals surface area contributed by atoms with Crippen molar-refractivity contribution in [2.75, 3.05) is 7.05 Å². The van der Waals surface area contributed by atoms with Crippen molar-refractivity contribution in [1.82, 2.24) is 10.3 Å². The fourth-order valence-electron chi connectivity index (χ4n) is 1.76. The predicted molar refractivity (Wildman–Crippen MR) is 80.9 cm³/mol. The van der Waals surface area contributed by atoms with Gasteiger partial charge in [0.05, 0.1) is 9.50 Å². The molecule has 0 saturated heterocycles. The molecule has 0 unspecified atom stereocenters. The molecular formula is C14H13BrClFN2O. The summed E-state index contributed by atoms with van der Waals surface area (Å²) < 4.78 is 19.7. The number of nitrogens with one attached hydrogen (secondary N) is 1. The van der Waals surface area contributed by atoms with Crippen LogP contribution in [0.15, 0.2) is 28.7 Å². The standard InChI is InChI=1S/C14H13BrClFN2O/c1-8-3-9(7-18-2)4-14(19-8)20-13-6-12(17)11(16)5-10(13)15/h3-6,18H,7H2,1-2H3. The highest BCUT2D eigenvalue weighted by Gasteiger charge is 2.10. The van der Waals surface area contributed by atoms with Gasteiger partial charge in [-0.3, -0.25) is 0 Å². The smallest absolute Gasteiger partial charge is 0.219 e. The summed E-state index contributed by atoms with van der Waals surface area (Å²) in [5.74, 6) is 0.214. The van der Waals surface area contributed by atoms with E-state index in [-0.39, 0.29) is 5.02 Å². The van der Waals surface area contributed by atoms with Crippen LogP contribution in [-0.4, -0.2) is 12.0 Å². The second kappa shape index (κ2) is 6.52.